The SMILES string of the molecule is CCCCCCCCCCC(=O)OCC(O)COP(=O)(O)OCC(NC(=O)CCCCCCC)C(=O)O. The van der Waals surface area contributed by atoms with Crippen molar-refractivity contribution in [2.75, 3.05) is 19.8 Å². The predicted molar refractivity (Wildman–Crippen MR) is 139 cm³/mol. The van der Waals surface area contributed by atoms with E-state index in [9.17, 15) is 34.1 Å². The molecule has 0 aromatic carbocycles. The number of aliphatic carboxylic acids is 1. The van der Waals surface area contributed by atoms with Crippen molar-refractivity contribution in [2.45, 2.75) is 122 Å². The number of unbranched alkanes of at least 4 members (excludes halogenated alkanes) is 11. The second-order valence-electron chi connectivity index (χ2n) is 9.24. The highest BCUT2D eigenvalue weighted by atomic mass is 31.2. The Morgan fingerprint density at radius 3 is 1.78 bits per heavy atom. The molecule has 0 radical (unpaired) electrons. The minimum absolute atomic E-state index is 0.144. The van der Waals surface area contributed by atoms with Crippen LogP contribution in [0, 0.1) is 0 Å². The third kappa shape index (κ3) is 22.2. The second kappa shape index (κ2) is 22.5. The number of phosphoric acid groups is 1. The van der Waals surface area contributed by atoms with Crippen LogP contribution in [0.5, 0.6) is 0 Å². The Bertz CT molecular complexity index is 676. The molecule has 0 rings (SSSR count). The molecule has 0 aromatic heterocycles. The van der Waals surface area contributed by atoms with Gasteiger partial charge in [0.1, 0.15) is 12.7 Å². The van der Waals surface area contributed by atoms with Gasteiger partial charge in [-0.2, -0.15) is 0 Å². The first kappa shape index (κ1) is 35.5. The van der Waals surface area contributed by atoms with E-state index >= 15 is 0 Å². The molecule has 1 amide bonds. The summed E-state index contributed by atoms with van der Waals surface area (Å²) in [4.78, 5) is 44.8. The van der Waals surface area contributed by atoms with Crippen molar-refractivity contribution in [1.29, 1.82) is 0 Å². The van der Waals surface area contributed by atoms with E-state index in [4.69, 9.17) is 4.74 Å². The Kier molecular flexibility index (Phi) is 21.5. The highest BCUT2D eigenvalue weighted by Crippen LogP contribution is 2.43. The normalized spacial score (nSPS) is 14.5. The van der Waals surface area contributed by atoms with Gasteiger partial charge in [-0.25, -0.2) is 9.36 Å². The first-order valence-electron chi connectivity index (χ1n) is 13.6. The lowest BCUT2D eigenvalue weighted by Crippen LogP contribution is -2.43. The van der Waals surface area contributed by atoms with Crippen LogP contribution < -0.4 is 5.32 Å². The van der Waals surface area contributed by atoms with Crippen molar-refractivity contribution in [1.82, 2.24) is 5.32 Å². The molecule has 0 saturated heterocycles. The van der Waals surface area contributed by atoms with Crippen molar-refractivity contribution >= 4 is 25.7 Å². The van der Waals surface area contributed by atoms with Crippen LogP contribution in [0.3, 0.4) is 0 Å². The highest BCUT2D eigenvalue weighted by molar-refractivity contribution is 7.47. The molecule has 218 valence electrons. The average Bonchev–Trinajstić information content (AvgIpc) is 2.85. The summed E-state index contributed by atoms with van der Waals surface area (Å²) in [5.41, 5.74) is 0. The monoisotopic (exact) mass is 553 g/mol. The van der Waals surface area contributed by atoms with Crippen molar-refractivity contribution in [3.8, 4) is 0 Å². The number of carboxylic acid groups (broad SMARTS) is 1. The van der Waals surface area contributed by atoms with E-state index in [1.807, 2.05) is 0 Å². The van der Waals surface area contributed by atoms with E-state index in [0.717, 1.165) is 44.9 Å². The Labute approximate surface area is 221 Å². The third-order valence-electron chi connectivity index (χ3n) is 5.65. The number of aliphatic hydroxyl groups is 1. The predicted octanol–water partition coefficient (Wildman–Crippen LogP) is 4.48. The van der Waals surface area contributed by atoms with Crippen LogP contribution in [0.15, 0.2) is 0 Å². The average molecular weight is 554 g/mol. The lowest BCUT2D eigenvalue weighted by atomic mass is 10.1. The molecule has 0 bridgehead atoms. The number of rotatable bonds is 25. The highest BCUT2D eigenvalue weighted by Gasteiger charge is 2.28. The van der Waals surface area contributed by atoms with Gasteiger partial charge in [-0.05, 0) is 12.8 Å². The largest absolute Gasteiger partial charge is 0.480 e. The molecule has 4 N–H and O–H groups in total. The topological polar surface area (TPSA) is 169 Å². The minimum Gasteiger partial charge on any atom is -0.480 e. The molecule has 3 unspecified atom stereocenters. The number of aliphatic hydroxyl groups excluding tert-OH is 1. The van der Waals surface area contributed by atoms with Crippen molar-refractivity contribution < 1.29 is 47.8 Å². The van der Waals surface area contributed by atoms with Gasteiger partial charge in [0.25, 0.3) is 0 Å². The van der Waals surface area contributed by atoms with E-state index in [1.54, 1.807) is 0 Å². The zero-order valence-corrected chi connectivity index (χ0v) is 23.4. The molecule has 37 heavy (non-hydrogen) atoms. The number of carbonyl (C=O) groups excluding carboxylic acids is 2. The summed E-state index contributed by atoms with van der Waals surface area (Å²) < 4.78 is 26.3. The summed E-state index contributed by atoms with van der Waals surface area (Å²) in [6.07, 6.45) is 12.3. The van der Waals surface area contributed by atoms with Gasteiger partial charge in [0.05, 0.1) is 13.2 Å². The number of hydrogen-bond acceptors (Lipinski definition) is 8. The van der Waals surface area contributed by atoms with E-state index in [0.29, 0.717) is 12.8 Å². The number of amides is 1. The van der Waals surface area contributed by atoms with E-state index in [-0.39, 0.29) is 12.8 Å². The molecule has 3 atom stereocenters. The fourth-order valence-electron chi connectivity index (χ4n) is 3.43. The molecule has 0 spiro atoms. The molecular formula is C25H48NO10P. The first-order valence-corrected chi connectivity index (χ1v) is 15.1. The number of carboxylic acids is 1. The van der Waals surface area contributed by atoms with Crippen LogP contribution in [0.4, 0.5) is 0 Å². The molecule has 0 aliphatic carbocycles. The molecular weight excluding hydrogens is 505 g/mol. The maximum Gasteiger partial charge on any atom is 0.472 e. The number of ether oxygens (including phenoxy) is 1. The number of nitrogens with one attached hydrogen (secondary N) is 1. The van der Waals surface area contributed by atoms with Crippen LogP contribution in [0.1, 0.15) is 110 Å². The van der Waals surface area contributed by atoms with Gasteiger partial charge in [-0.15, -0.1) is 0 Å². The molecule has 0 aromatic rings. The van der Waals surface area contributed by atoms with Gasteiger partial charge in [0, 0.05) is 12.8 Å². The van der Waals surface area contributed by atoms with Gasteiger partial charge in [0.15, 0.2) is 6.04 Å². The van der Waals surface area contributed by atoms with Gasteiger partial charge >= 0.3 is 19.8 Å². The summed E-state index contributed by atoms with van der Waals surface area (Å²) in [6.45, 7) is 2.36. The van der Waals surface area contributed by atoms with Crippen LogP contribution in [0.2, 0.25) is 0 Å². The fourth-order valence-corrected chi connectivity index (χ4v) is 4.20. The Balaban J connectivity index is 4.11. The van der Waals surface area contributed by atoms with Crippen molar-refractivity contribution in [2.24, 2.45) is 0 Å². The summed E-state index contributed by atoms with van der Waals surface area (Å²) in [5, 5.41) is 21.3. The quantitative estimate of drug-likeness (QED) is 0.0718. The third-order valence-corrected chi connectivity index (χ3v) is 6.60. The lowest BCUT2D eigenvalue weighted by Gasteiger charge is -2.18. The minimum atomic E-state index is -4.72. The number of phosphoric ester groups is 1. The summed E-state index contributed by atoms with van der Waals surface area (Å²) in [5.74, 6) is -2.40. The van der Waals surface area contributed by atoms with Gasteiger partial charge in [-0.3, -0.25) is 18.6 Å². The molecule has 0 aliphatic heterocycles. The summed E-state index contributed by atoms with van der Waals surface area (Å²) in [7, 11) is -4.72. The number of hydrogen-bond donors (Lipinski definition) is 4. The van der Waals surface area contributed by atoms with Crippen LogP contribution >= 0.6 is 7.82 Å². The molecule has 0 aliphatic rings. The molecule has 0 fully saturated rings. The van der Waals surface area contributed by atoms with Crippen molar-refractivity contribution in [3.63, 3.8) is 0 Å². The molecule has 0 heterocycles. The Morgan fingerprint density at radius 1 is 0.757 bits per heavy atom. The zero-order valence-electron chi connectivity index (χ0n) is 22.5. The van der Waals surface area contributed by atoms with Crippen LogP contribution in [0.25, 0.3) is 0 Å². The smallest absolute Gasteiger partial charge is 0.472 e. The Hall–Kier alpha value is -1.52. The maximum atomic E-state index is 12.0. The van der Waals surface area contributed by atoms with E-state index in [1.165, 1.54) is 25.7 Å². The molecule has 11 nitrogen and oxygen atoms in total. The van der Waals surface area contributed by atoms with Gasteiger partial charge in [-0.1, -0.05) is 84.5 Å². The Morgan fingerprint density at radius 2 is 1.24 bits per heavy atom. The molecule has 12 heteroatoms. The van der Waals surface area contributed by atoms with E-state index < -0.39 is 57.6 Å². The zero-order chi connectivity index (χ0) is 27.9. The van der Waals surface area contributed by atoms with Gasteiger partial charge in [0.2, 0.25) is 5.91 Å². The summed E-state index contributed by atoms with van der Waals surface area (Å²) in [6, 6.07) is -1.53. The van der Waals surface area contributed by atoms with E-state index in [2.05, 4.69) is 28.2 Å². The molecule has 0 saturated carbocycles. The number of esters is 1. The summed E-state index contributed by atoms with van der Waals surface area (Å²) >= 11 is 0. The number of carbonyl (C=O) groups is 3. The standard InChI is InChI=1S/C25H48NO10P/c1-3-5-7-9-10-11-13-15-17-24(29)34-18-21(27)19-35-37(32,33)36-20-22(25(30)31)26-23(28)16-14-12-8-6-4-2/h21-22,27H,3-20H2,1-2H3,(H,26,28)(H,30,31)(H,32,33). The first-order chi connectivity index (χ1) is 17.6. The fraction of sp³-hybridized carbons (Fsp3) is 0.880. The second-order valence-corrected chi connectivity index (χ2v) is 10.7. The lowest BCUT2D eigenvalue weighted by molar-refractivity contribution is -0.147. The maximum absolute atomic E-state index is 12.0. The van der Waals surface area contributed by atoms with Crippen molar-refractivity contribution in [3.05, 3.63) is 0 Å². The van der Waals surface area contributed by atoms with Gasteiger partial charge < -0.3 is 25.2 Å². The van der Waals surface area contributed by atoms with Crippen LogP contribution in [-0.2, 0) is 32.7 Å². The van der Waals surface area contributed by atoms with Crippen LogP contribution in [-0.4, -0.2) is 64.9 Å².